The van der Waals surface area contributed by atoms with Gasteiger partial charge in [0.1, 0.15) is 6.10 Å². The lowest BCUT2D eigenvalue weighted by Gasteiger charge is -2.35. The third-order valence-corrected chi connectivity index (χ3v) is 5.10. The second-order valence-corrected chi connectivity index (χ2v) is 8.43. The molecule has 4 rings (SSSR count). The van der Waals surface area contributed by atoms with Gasteiger partial charge in [-0.05, 0) is 45.9 Å². The van der Waals surface area contributed by atoms with Gasteiger partial charge in [0.2, 0.25) is 5.79 Å². The number of halogens is 1. The van der Waals surface area contributed by atoms with Crippen molar-refractivity contribution in [1.29, 1.82) is 0 Å². The molecule has 0 saturated carbocycles. The number of esters is 1. The molecule has 1 N–H and O–H groups in total. The summed E-state index contributed by atoms with van der Waals surface area (Å²) >= 11 is 5.96. The van der Waals surface area contributed by atoms with Gasteiger partial charge in [-0.3, -0.25) is 0 Å². The lowest BCUT2D eigenvalue weighted by molar-refractivity contribution is -0.332. The van der Waals surface area contributed by atoms with E-state index in [1.807, 2.05) is 0 Å². The van der Waals surface area contributed by atoms with Crippen LogP contribution in [0.4, 0.5) is 0 Å². The molecular weight excluding hydrogens is 392 g/mol. The van der Waals surface area contributed by atoms with Crippen molar-refractivity contribution in [2.45, 2.75) is 69.7 Å². The molecule has 1 aromatic carbocycles. The monoisotopic (exact) mass is 414 g/mol. The molecule has 3 aliphatic rings. The normalized spacial score (nSPS) is 38.4. The fraction of sp³-hybridized carbons (Fsp3) is 0.632. The molecule has 28 heavy (non-hydrogen) atoms. The first kappa shape index (κ1) is 20.0. The Balaban J connectivity index is 1.62. The largest absolute Gasteiger partial charge is 0.450 e. The highest BCUT2D eigenvalue weighted by atomic mass is 35.5. The van der Waals surface area contributed by atoms with Gasteiger partial charge < -0.3 is 33.5 Å². The number of benzene rings is 1. The van der Waals surface area contributed by atoms with E-state index in [1.165, 1.54) is 6.07 Å². The van der Waals surface area contributed by atoms with Gasteiger partial charge in [-0.25, -0.2) is 4.79 Å². The molecule has 8 nitrogen and oxygen atoms in total. The van der Waals surface area contributed by atoms with E-state index in [2.05, 4.69) is 0 Å². The molecule has 0 aromatic heterocycles. The number of rotatable bonds is 3. The van der Waals surface area contributed by atoms with Gasteiger partial charge in [0.15, 0.2) is 30.1 Å². The molecule has 0 unspecified atom stereocenters. The van der Waals surface area contributed by atoms with Crippen LogP contribution in [0.15, 0.2) is 24.3 Å². The third-order valence-electron chi connectivity index (χ3n) is 4.86. The summed E-state index contributed by atoms with van der Waals surface area (Å²) in [5.74, 6) is -4.55. The van der Waals surface area contributed by atoms with E-state index in [0.29, 0.717) is 5.02 Å². The summed E-state index contributed by atoms with van der Waals surface area (Å²) in [7, 11) is 0. The Bertz CT molecular complexity index is 781. The predicted molar refractivity (Wildman–Crippen MR) is 95.4 cm³/mol. The first-order valence-corrected chi connectivity index (χ1v) is 9.41. The van der Waals surface area contributed by atoms with Crippen LogP contribution in [-0.4, -0.2) is 59.6 Å². The zero-order chi connectivity index (χ0) is 20.3. The van der Waals surface area contributed by atoms with Crippen molar-refractivity contribution in [3.05, 3.63) is 34.9 Å². The fourth-order valence-electron chi connectivity index (χ4n) is 3.64. The van der Waals surface area contributed by atoms with E-state index in [0.717, 1.165) is 0 Å². The van der Waals surface area contributed by atoms with Gasteiger partial charge >= 0.3 is 5.97 Å². The number of hydrogen-bond donors (Lipinski definition) is 1. The second kappa shape index (κ2) is 6.63. The molecule has 0 aliphatic carbocycles. The van der Waals surface area contributed by atoms with Gasteiger partial charge in [0.25, 0.3) is 0 Å². The van der Waals surface area contributed by atoms with Crippen LogP contribution in [0.1, 0.15) is 38.1 Å². The third kappa shape index (κ3) is 3.54. The molecule has 9 heteroatoms. The minimum absolute atomic E-state index is 0.0531. The zero-order valence-electron chi connectivity index (χ0n) is 16.0. The van der Waals surface area contributed by atoms with Crippen molar-refractivity contribution in [3.63, 3.8) is 0 Å². The summed E-state index contributed by atoms with van der Waals surface area (Å²) in [5.41, 5.74) is 0.236. The molecule has 5 atom stereocenters. The summed E-state index contributed by atoms with van der Waals surface area (Å²) in [6, 6.07) is 6.32. The number of carbonyl (C=O) groups excluding carboxylic acids is 1. The standard InChI is InChI=1S/C19H23ClO8/c1-17(2)23-9-12(25-17)19(22)14(13-16(28-19)27-18(3,4)26-13)24-15(21)10-6-5-7-11(20)8-10/h5-8,12-14,16,22H,9H2,1-4H3/t12-,13-,14-,16+,19-/m1/s1. The zero-order valence-corrected chi connectivity index (χ0v) is 16.8. The summed E-state index contributed by atoms with van der Waals surface area (Å²) in [4.78, 5) is 12.7. The van der Waals surface area contributed by atoms with Gasteiger partial charge in [0.05, 0.1) is 12.2 Å². The van der Waals surface area contributed by atoms with Gasteiger partial charge in [-0.15, -0.1) is 0 Å². The van der Waals surface area contributed by atoms with Crippen molar-refractivity contribution in [1.82, 2.24) is 0 Å². The van der Waals surface area contributed by atoms with E-state index in [1.54, 1.807) is 45.9 Å². The number of carbonyl (C=O) groups is 1. The highest BCUT2D eigenvalue weighted by Crippen LogP contribution is 2.46. The van der Waals surface area contributed by atoms with Gasteiger partial charge in [-0.2, -0.15) is 0 Å². The van der Waals surface area contributed by atoms with Crippen LogP contribution in [-0.2, 0) is 28.4 Å². The maximum atomic E-state index is 12.7. The fourth-order valence-corrected chi connectivity index (χ4v) is 3.83. The highest BCUT2D eigenvalue weighted by Gasteiger charge is 2.68. The smallest absolute Gasteiger partial charge is 0.338 e. The van der Waals surface area contributed by atoms with Gasteiger partial charge in [-0.1, -0.05) is 17.7 Å². The minimum atomic E-state index is -2.01. The van der Waals surface area contributed by atoms with Crippen LogP contribution in [0.3, 0.4) is 0 Å². The summed E-state index contributed by atoms with van der Waals surface area (Å²) < 4.78 is 34.3. The van der Waals surface area contributed by atoms with E-state index in [9.17, 15) is 9.90 Å². The number of fused-ring (bicyclic) bond motifs is 1. The second-order valence-electron chi connectivity index (χ2n) is 7.99. The number of ether oxygens (including phenoxy) is 6. The lowest BCUT2D eigenvalue weighted by atomic mass is 10.0. The predicted octanol–water partition coefficient (Wildman–Crippen LogP) is 2.21. The minimum Gasteiger partial charge on any atom is -0.450 e. The van der Waals surface area contributed by atoms with E-state index < -0.39 is 47.9 Å². The molecule has 0 spiro atoms. The average Bonchev–Trinajstić information content (AvgIpc) is 3.17. The van der Waals surface area contributed by atoms with E-state index in [-0.39, 0.29) is 12.2 Å². The van der Waals surface area contributed by atoms with E-state index >= 15 is 0 Å². The first-order valence-electron chi connectivity index (χ1n) is 9.03. The Kier molecular flexibility index (Phi) is 4.74. The Morgan fingerprint density at radius 3 is 2.54 bits per heavy atom. The molecule has 3 aliphatic heterocycles. The average molecular weight is 415 g/mol. The highest BCUT2D eigenvalue weighted by molar-refractivity contribution is 6.30. The van der Waals surface area contributed by atoms with Crippen molar-refractivity contribution < 1.29 is 38.3 Å². The number of aliphatic hydroxyl groups is 1. The number of hydrogen-bond acceptors (Lipinski definition) is 8. The molecule has 154 valence electrons. The maximum absolute atomic E-state index is 12.7. The SMILES string of the molecule is CC1(C)O[C@H]2O[C@](O)([C@H]3COC(C)(C)O3)[C@H](OC(=O)c3cccc(Cl)c3)[C@H]2O1. The van der Waals surface area contributed by atoms with E-state index in [4.69, 9.17) is 40.0 Å². The van der Waals surface area contributed by atoms with Crippen molar-refractivity contribution in [2.24, 2.45) is 0 Å². The molecule has 0 bridgehead atoms. The topological polar surface area (TPSA) is 92.7 Å². The van der Waals surface area contributed by atoms with Gasteiger partial charge in [0, 0.05) is 5.02 Å². The quantitative estimate of drug-likeness (QED) is 0.752. The molecule has 0 amide bonds. The van der Waals surface area contributed by atoms with Crippen molar-refractivity contribution >= 4 is 17.6 Å². The summed E-state index contributed by atoms with van der Waals surface area (Å²) in [5, 5.41) is 11.7. The Morgan fingerprint density at radius 1 is 1.14 bits per heavy atom. The lowest BCUT2D eigenvalue weighted by Crippen LogP contribution is -2.56. The van der Waals surface area contributed by atoms with Crippen molar-refractivity contribution in [3.8, 4) is 0 Å². The van der Waals surface area contributed by atoms with Crippen LogP contribution in [0.5, 0.6) is 0 Å². The van der Waals surface area contributed by atoms with Crippen LogP contribution in [0.2, 0.25) is 5.02 Å². The molecule has 3 heterocycles. The molecule has 1 aromatic rings. The van der Waals surface area contributed by atoms with Crippen LogP contribution in [0.25, 0.3) is 0 Å². The Hall–Kier alpha value is -1.26. The summed E-state index contributed by atoms with van der Waals surface area (Å²) in [6.07, 6.45) is -3.87. The first-order chi connectivity index (χ1) is 13.0. The summed E-state index contributed by atoms with van der Waals surface area (Å²) in [6.45, 7) is 6.91. The molecule has 3 saturated heterocycles. The Labute approximate surface area is 167 Å². The molecule has 0 radical (unpaired) electrons. The van der Waals surface area contributed by atoms with Crippen molar-refractivity contribution in [2.75, 3.05) is 6.61 Å². The maximum Gasteiger partial charge on any atom is 0.338 e. The Morgan fingerprint density at radius 2 is 1.89 bits per heavy atom. The van der Waals surface area contributed by atoms with Crippen LogP contribution < -0.4 is 0 Å². The van der Waals surface area contributed by atoms with Crippen LogP contribution in [0, 0.1) is 0 Å². The van der Waals surface area contributed by atoms with Crippen LogP contribution >= 0.6 is 11.6 Å². The molecule has 3 fully saturated rings. The molecular formula is C19H23ClO8.